The Balaban J connectivity index is 2.27. The molecule has 2 rings (SSSR count). The van der Waals surface area contributed by atoms with Gasteiger partial charge in [0.05, 0.1) is 0 Å². The molecule has 0 saturated carbocycles. The molecule has 0 radical (unpaired) electrons. The summed E-state index contributed by atoms with van der Waals surface area (Å²) in [6, 6.07) is 17.5. The van der Waals surface area contributed by atoms with Gasteiger partial charge in [0.2, 0.25) is 5.91 Å². The minimum absolute atomic E-state index is 0.312. The zero-order chi connectivity index (χ0) is 16.2. The molecule has 4 nitrogen and oxygen atoms in total. The number of carbonyl (C=O) groups excluding carboxylic acids is 2. The monoisotopic (exact) mass is 296 g/mol. The van der Waals surface area contributed by atoms with E-state index in [1.165, 1.54) is 0 Å². The molecule has 2 aromatic rings. The maximum Gasteiger partial charge on any atom is 0.251 e. The fourth-order valence-corrected chi connectivity index (χ4v) is 2.45. The van der Waals surface area contributed by atoms with Crippen molar-refractivity contribution in [3.05, 3.63) is 71.8 Å². The van der Waals surface area contributed by atoms with Crippen molar-refractivity contribution in [2.24, 2.45) is 5.73 Å². The smallest absolute Gasteiger partial charge is 0.251 e. The van der Waals surface area contributed by atoms with Crippen LogP contribution in [0.15, 0.2) is 60.7 Å². The quantitative estimate of drug-likeness (QED) is 0.888. The minimum atomic E-state index is -0.803. The molecule has 2 amide bonds. The normalized spacial score (nSPS) is 12.5. The van der Waals surface area contributed by atoms with Crippen LogP contribution in [-0.2, 0) is 10.2 Å². The maximum atomic E-state index is 12.3. The van der Waals surface area contributed by atoms with Crippen molar-refractivity contribution in [2.75, 3.05) is 0 Å². The highest BCUT2D eigenvalue weighted by Crippen LogP contribution is 2.27. The SMILES string of the molecule is CC(C)(c1ccccc1)C(NC(=O)c1ccccc1)C(N)=O. The Morgan fingerprint density at radius 1 is 0.955 bits per heavy atom. The summed E-state index contributed by atoms with van der Waals surface area (Å²) in [7, 11) is 0. The molecule has 0 aliphatic carbocycles. The summed E-state index contributed by atoms with van der Waals surface area (Å²) in [4.78, 5) is 24.2. The highest BCUT2D eigenvalue weighted by Gasteiger charge is 2.36. The Morgan fingerprint density at radius 3 is 1.95 bits per heavy atom. The summed E-state index contributed by atoms with van der Waals surface area (Å²) in [5.41, 5.74) is 6.35. The van der Waals surface area contributed by atoms with Crippen LogP contribution in [0, 0.1) is 0 Å². The van der Waals surface area contributed by atoms with Gasteiger partial charge in [0.25, 0.3) is 5.91 Å². The molecule has 0 aliphatic rings. The van der Waals surface area contributed by atoms with Crippen molar-refractivity contribution in [1.82, 2.24) is 5.32 Å². The molecule has 114 valence electrons. The van der Waals surface area contributed by atoms with Crippen LogP contribution in [0.3, 0.4) is 0 Å². The van der Waals surface area contributed by atoms with Crippen molar-refractivity contribution in [3.63, 3.8) is 0 Å². The molecule has 0 saturated heterocycles. The lowest BCUT2D eigenvalue weighted by molar-refractivity contribution is -0.121. The standard InChI is InChI=1S/C18H20N2O2/c1-18(2,14-11-7-4-8-12-14)15(16(19)21)20-17(22)13-9-5-3-6-10-13/h3-12,15H,1-2H3,(H2,19,21)(H,20,22). The van der Waals surface area contributed by atoms with E-state index in [1.807, 2.05) is 50.2 Å². The molecule has 0 bridgehead atoms. The third kappa shape index (κ3) is 3.34. The Kier molecular flexibility index (Phi) is 4.61. The van der Waals surface area contributed by atoms with Gasteiger partial charge in [0.1, 0.15) is 6.04 Å². The molecule has 0 aromatic heterocycles. The Hall–Kier alpha value is -2.62. The lowest BCUT2D eigenvalue weighted by Crippen LogP contribution is -2.55. The van der Waals surface area contributed by atoms with E-state index in [9.17, 15) is 9.59 Å². The van der Waals surface area contributed by atoms with Crippen LogP contribution in [0.4, 0.5) is 0 Å². The lowest BCUT2D eigenvalue weighted by Gasteiger charge is -2.33. The molecule has 0 aliphatic heterocycles. The molecule has 1 unspecified atom stereocenters. The second-order valence-electron chi connectivity index (χ2n) is 5.76. The number of nitrogens with two attached hydrogens (primary N) is 1. The third-order valence-corrected chi connectivity index (χ3v) is 3.84. The van der Waals surface area contributed by atoms with Crippen molar-refractivity contribution >= 4 is 11.8 Å². The molecule has 2 aromatic carbocycles. The van der Waals surface area contributed by atoms with Gasteiger partial charge in [-0.15, -0.1) is 0 Å². The molecule has 1 atom stereocenters. The number of amides is 2. The summed E-state index contributed by atoms with van der Waals surface area (Å²) < 4.78 is 0. The number of rotatable bonds is 5. The van der Waals surface area contributed by atoms with Crippen LogP contribution in [0.25, 0.3) is 0 Å². The number of hydrogen-bond donors (Lipinski definition) is 2. The van der Waals surface area contributed by atoms with E-state index in [4.69, 9.17) is 5.73 Å². The molecule has 0 spiro atoms. The number of nitrogens with one attached hydrogen (secondary N) is 1. The largest absolute Gasteiger partial charge is 0.368 e. The second kappa shape index (κ2) is 6.43. The molecule has 4 heteroatoms. The number of carbonyl (C=O) groups is 2. The summed E-state index contributed by atoms with van der Waals surface area (Å²) >= 11 is 0. The Bertz CT molecular complexity index is 651. The van der Waals surface area contributed by atoms with Gasteiger partial charge >= 0.3 is 0 Å². The van der Waals surface area contributed by atoms with E-state index in [1.54, 1.807) is 24.3 Å². The Morgan fingerprint density at radius 2 is 1.45 bits per heavy atom. The van der Waals surface area contributed by atoms with E-state index in [0.717, 1.165) is 5.56 Å². The van der Waals surface area contributed by atoms with Crippen molar-refractivity contribution < 1.29 is 9.59 Å². The predicted molar refractivity (Wildman–Crippen MR) is 86.4 cm³/mol. The number of primary amides is 1. The number of benzene rings is 2. The fraction of sp³-hybridized carbons (Fsp3) is 0.222. The van der Waals surface area contributed by atoms with E-state index < -0.39 is 17.4 Å². The van der Waals surface area contributed by atoms with Gasteiger partial charge in [-0.05, 0) is 17.7 Å². The van der Waals surface area contributed by atoms with Crippen molar-refractivity contribution in [3.8, 4) is 0 Å². The van der Waals surface area contributed by atoms with Gasteiger partial charge in [-0.3, -0.25) is 9.59 Å². The predicted octanol–water partition coefficient (Wildman–Crippen LogP) is 2.25. The van der Waals surface area contributed by atoms with Crippen LogP contribution in [0.5, 0.6) is 0 Å². The van der Waals surface area contributed by atoms with Crippen LogP contribution in [0.2, 0.25) is 0 Å². The average molecular weight is 296 g/mol. The minimum Gasteiger partial charge on any atom is -0.368 e. The first-order valence-corrected chi connectivity index (χ1v) is 7.13. The van der Waals surface area contributed by atoms with Crippen LogP contribution < -0.4 is 11.1 Å². The molecule has 22 heavy (non-hydrogen) atoms. The summed E-state index contributed by atoms with van der Waals surface area (Å²) in [5, 5.41) is 2.76. The average Bonchev–Trinajstić information content (AvgIpc) is 2.53. The van der Waals surface area contributed by atoms with Crippen LogP contribution in [0.1, 0.15) is 29.8 Å². The van der Waals surface area contributed by atoms with E-state index >= 15 is 0 Å². The first-order valence-electron chi connectivity index (χ1n) is 7.13. The van der Waals surface area contributed by atoms with Gasteiger partial charge in [0.15, 0.2) is 0 Å². The summed E-state index contributed by atoms with van der Waals surface area (Å²) in [5.74, 6) is -0.869. The molecule has 0 heterocycles. The summed E-state index contributed by atoms with van der Waals surface area (Å²) in [6.45, 7) is 3.78. The molecular weight excluding hydrogens is 276 g/mol. The second-order valence-corrected chi connectivity index (χ2v) is 5.76. The highest BCUT2D eigenvalue weighted by atomic mass is 16.2. The lowest BCUT2D eigenvalue weighted by atomic mass is 9.77. The molecule has 0 fully saturated rings. The van der Waals surface area contributed by atoms with E-state index in [-0.39, 0.29) is 5.91 Å². The third-order valence-electron chi connectivity index (χ3n) is 3.84. The zero-order valence-electron chi connectivity index (χ0n) is 12.7. The highest BCUT2D eigenvalue weighted by molar-refractivity contribution is 5.97. The van der Waals surface area contributed by atoms with Crippen LogP contribution in [-0.4, -0.2) is 17.9 Å². The number of hydrogen-bond acceptors (Lipinski definition) is 2. The summed E-state index contributed by atoms with van der Waals surface area (Å²) in [6.07, 6.45) is 0. The van der Waals surface area contributed by atoms with E-state index in [2.05, 4.69) is 5.32 Å². The topological polar surface area (TPSA) is 72.2 Å². The molecular formula is C18H20N2O2. The first-order chi connectivity index (χ1) is 10.4. The van der Waals surface area contributed by atoms with Crippen molar-refractivity contribution in [2.45, 2.75) is 25.3 Å². The fourth-order valence-electron chi connectivity index (χ4n) is 2.45. The van der Waals surface area contributed by atoms with Crippen molar-refractivity contribution in [1.29, 1.82) is 0 Å². The van der Waals surface area contributed by atoms with Gasteiger partial charge in [-0.25, -0.2) is 0 Å². The Labute approximate surface area is 130 Å². The van der Waals surface area contributed by atoms with Gasteiger partial charge in [-0.2, -0.15) is 0 Å². The van der Waals surface area contributed by atoms with Crippen LogP contribution >= 0.6 is 0 Å². The van der Waals surface area contributed by atoms with Gasteiger partial charge in [0, 0.05) is 11.0 Å². The maximum absolute atomic E-state index is 12.3. The molecule has 3 N–H and O–H groups in total. The van der Waals surface area contributed by atoms with Gasteiger partial charge < -0.3 is 11.1 Å². The zero-order valence-corrected chi connectivity index (χ0v) is 12.7. The van der Waals surface area contributed by atoms with E-state index in [0.29, 0.717) is 5.56 Å². The first kappa shape index (κ1) is 15.8. The van der Waals surface area contributed by atoms with Gasteiger partial charge in [-0.1, -0.05) is 62.4 Å².